The number of methoxy groups -OCH3 is 2. The normalized spacial score (nSPS) is 17.9. The highest BCUT2D eigenvalue weighted by molar-refractivity contribution is 7.74. The number of ether oxygens (including phenoxy) is 2. The van der Waals surface area contributed by atoms with Gasteiger partial charge in [-0.25, -0.2) is 0 Å². The Morgan fingerprint density at radius 3 is 1.55 bits per heavy atom. The van der Waals surface area contributed by atoms with Gasteiger partial charge in [0, 0.05) is 5.66 Å². The first-order valence-corrected chi connectivity index (χ1v) is 12.7. The molecule has 31 heavy (non-hydrogen) atoms. The smallest absolute Gasteiger partial charge is 0.124 e. The van der Waals surface area contributed by atoms with E-state index in [1.807, 2.05) is 0 Å². The fourth-order valence-electron chi connectivity index (χ4n) is 5.62. The molecule has 0 spiro atoms. The van der Waals surface area contributed by atoms with Gasteiger partial charge in [-0.05, 0) is 119 Å². The molecule has 164 valence electrons. The average Bonchev–Trinajstić information content (AvgIpc) is 2.70. The Bertz CT molecular complexity index is 1000. The lowest BCUT2D eigenvalue weighted by molar-refractivity contribution is 0.408. The van der Waals surface area contributed by atoms with Crippen LogP contribution in [0.4, 0.5) is 0 Å². The third-order valence-corrected chi connectivity index (χ3v) is 9.83. The Hall–Kier alpha value is -2.05. The van der Waals surface area contributed by atoms with Crippen LogP contribution in [-0.4, -0.2) is 19.9 Å². The number of hydrogen-bond acceptors (Lipinski definition) is 2. The van der Waals surface area contributed by atoms with Crippen molar-refractivity contribution in [3.05, 3.63) is 68.8 Å². The van der Waals surface area contributed by atoms with E-state index in [0.717, 1.165) is 11.5 Å². The highest BCUT2D eigenvalue weighted by atomic mass is 31.1. The minimum Gasteiger partial charge on any atom is -0.496 e. The molecular formula is C28H35O2P. The van der Waals surface area contributed by atoms with E-state index in [1.54, 1.807) is 36.5 Å². The third-order valence-electron chi connectivity index (χ3n) is 7.06. The fraction of sp³-hybridized carbons (Fsp3) is 0.429. The number of aryl methyl sites for hydroxylation is 4. The van der Waals surface area contributed by atoms with Gasteiger partial charge in [-0.3, -0.25) is 0 Å². The minimum atomic E-state index is -0.544. The van der Waals surface area contributed by atoms with Crippen LogP contribution < -0.4 is 20.1 Å². The zero-order chi connectivity index (χ0) is 22.4. The van der Waals surface area contributed by atoms with Gasteiger partial charge in [0.15, 0.2) is 0 Å². The standard InChI is InChI=1S/C28H35O2P/c1-9-21-10-16(2)24-15-25(21)28(24)31(22-11-17(3)26(29-7)18(4)12-22)23-13-19(5)27(30-8)20(6)14-23/h11-14,28H,9-10,15H2,1-8H3/t28-/m1/s1. The van der Waals surface area contributed by atoms with Crippen molar-refractivity contribution in [3.8, 4) is 11.5 Å². The Morgan fingerprint density at radius 2 is 1.19 bits per heavy atom. The van der Waals surface area contributed by atoms with Crippen LogP contribution in [0.25, 0.3) is 0 Å². The van der Waals surface area contributed by atoms with Gasteiger partial charge in [-0.1, -0.05) is 29.2 Å². The van der Waals surface area contributed by atoms with Crippen molar-refractivity contribution < 1.29 is 9.47 Å². The quantitative estimate of drug-likeness (QED) is 0.378. The van der Waals surface area contributed by atoms with Gasteiger partial charge >= 0.3 is 0 Å². The third kappa shape index (κ3) is 3.64. The van der Waals surface area contributed by atoms with Crippen LogP contribution in [0.1, 0.15) is 55.4 Å². The zero-order valence-corrected chi connectivity index (χ0v) is 21.2. The van der Waals surface area contributed by atoms with E-state index in [1.165, 1.54) is 52.1 Å². The van der Waals surface area contributed by atoms with Crippen molar-refractivity contribution in [3.63, 3.8) is 0 Å². The second-order valence-corrected chi connectivity index (χ2v) is 11.4. The van der Waals surface area contributed by atoms with Gasteiger partial charge in [0.05, 0.1) is 14.2 Å². The average molecular weight is 435 g/mol. The van der Waals surface area contributed by atoms with Crippen LogP contribution in [0.15, 0.2) is 46.6 Å². The van der Waals surface area contributed by atoms with E-state index in [0.29, 0.717) is 5.66 Å². The van der Waals surface area contributed by atoms with Crippen molar-refractivity contribution in [2.45, 2.75) is 66.5 Å². The van der Waals surface area contributed by atoms with Gasteiger partial charge in [0.25, 0.3) is 0 Å². The SMILES string of the molecule is CCC1=C2CC(=C(C)C1)[C@H]2P(c1cc(C)c(OC)c(C)c1)c1cc(C)c(OC)c(C)c1. The number of benzene rings is 2. The van der Waals surface area contributed by atoms with Crippen LogP contribution in [-0.2, 0) is 0 Å². The molecule has 1 saturated carbocycles. The van der Waals surface area contributed by atoms with Gasteiger partial charge in [-0.2, -0.15) is 0 Å². The van der Waals surface area contributed by atoms with E-state index in [9.17, 15) is 0 Å². The van der Waals surface area contributed by atoms with Crippen molar-refractivity contribution in [1.82, 2.24) is 0 Å². The molecule has 3 heteroatoms. The summed E-state index contributed by atoms with van der Waals surface area (Å²) in [7, 11) is 3.01. The molecule has 2 nitrogen and oxygen atoms in total. The molecule has 0 saturated heterocycles. The van der Waals surface area contributed by atoms with Crippen molar-refractivity contribution >= 4 is 18.5 Å². The molecule has 0 unspecified atom stereocenters. The summed E-state index contributed by atoms with van der Waals surface area (Å²) in [5, 5.41) is 2.92. The molecule has 0 radical (unpaired) electrons. The largest absolute Gasteiger partial charge is 0.496 e. The molecule has 1 atom stereocenters. The summed E-state index contributed by atoms with van der Waals surface area (Å²) >= 11 is 0. The lowest BCUT2D eigenvalue weighted by Gasteiger charge is -2.47. The molecular weight excluding hydrogens is 399 g/mol. The van der Waals surface area contributed by atoms with E-state index in [4.69, 9.17) is 9.47 Å². The van der Waals surface area contributed by atoms with Crippen LogP contribution in [0.3, 0.4) is 0 Å². The van der Waals surface area contributed by atoms with Crippen LogP contribution in [0.2, 0.25) is 0 Å². The molecule has 2 aliphatic carbocycles. The minimum absolute atomic E-state index is 0.544. The van der Waals surface area contributed by atoms with E-state index in [2.05, 4.69) is 65.8 Å². The van der Waals surface area contributed by atoms with E-state index in [-0.39, 0.29) is 0 Å². The van der Waals surface area contributed by atoms with Gasteiger partial charge in [0.2, 0.25) is 0 Å². The van der Waals surface area contributed by atoms with Crippen molar-refractivity contribution in [1.29, 1.82) is 0 Å². The highest BCUT2D eigenvalue weighted by Crippen LogP contribution is 2.60. The highest BCUT2D eigenvalue weighted by Gasteiger charge is 2.43. The molecule has 0 heterocycles. The Labute approximate surface area is 189 Å². The van der Waals surface area contributed by atoms with Crippen LogP contribution in [0, 0.1) is 27.7 Å². The van der Waals surface area contributed by atoms with Gasteiger partial charge in [-0.15, -0.1) is 0 Å². The second-order valence-electron chi connectivity index (χ2n) is 9.14. The molecule has 2 bridgehead atoms. The summed E-state index contributed by atoms with van der Waals surface area (Å²) in [6.07, 6.45) is 3.55. The maximum atomic E-state index is 5.68. The lowest BCUT2D eigenvalue weighted by Crippen LogP contribution is -2.36. The Morgan fingerprint density at radius 1 is 0.742 bits per heavy atom. The Balaban J connectivity index is 1.94. The number of hydrogen-bond donors (Lipinski definition) is 0. The predicted molar refractivity (Wildman–Crippen MR) is 134 cm³/mol. The molecule has 4 rings (SSSR count). The summed E-state index contributed by atoms with van der Waals surface area (Å²) in [6.45, 7) is 13.4. The molecule has 2 aromatic rings. The maximum absolute atomic E-state index is 5.68. The van der Waals surface area contributed by atoms with E-state index < -0.39 is 7.92 Å². The first-order chi connectivity index (χ1) is 14.8. The second kappa shape index (κ2) is 8.47. The molecule has 0 amide bonds. The molecule has 0 N–H and O–H groups in total. The molecule has 2 aromatic carbocycles. The maximum Gasteiger partial charge on any atom is 0.124 e. The predicted octanol–water partition coefficient (Wildman–Crippen LogP) is 6.57. The van der Waals surface area contributed by atoms with Gasteiger partial charge in [0.1, 0.15) is 11.5 Å². The van der Waals surface area contributed by atoms with Crippen LogP contribution in [0.5, 0.6) is 11.5 Å². The summed E-state index contributed by atoms with van der Waals surface area (Å²) in [4.78, 5) is 0. The fourth-order valence-corrected chi connectivity index (χ4v) is 9.05. The summed E-state index contributed by atoms with van der Waals surface area (Å²) in [5.74, 6) is 2.02. The molecule has 2 aliphatic rings. The zero-order valence-electron chi connectivity index (χ0n) is 20.3. The molecule has 0 aromatic heterocycles. The summed E-state index contributed by atoms with van der Waals surface area (Å²) in [5.41, 5.74) is 12.2. The van der Waals surface area contributed by atoms with Gasteiger partial charge < -0.3 is 9.47 Å². The monoisotopic (exact) mass is 434 g/mol. The summed E-state index contributed by atoms with van der Waals surface area (Å²) < 4.78 is 11.4. The van der Waals surface area contributed by atoms with E-state index >= 15 is 0 Å². The topological polar surface area (TPSA) is 18.5 Å². The van der Waals surface area contributed by atoms with Crippen molar-refractivity contribution in [2.75, 3.05) is 14.2 Å². The summed E-state index contributed by atoms with van der Waals surface area (Å²) in [6, 6.07) is 9.51. The first-order valence-electron chi connectivity index (χ1n) is 11.3. The molecule has 0 aliphatic heterocycles. The first kappa shape index (κ1) is 22.2. The lowest BCUT2D eigenvalue weighted by atomic mass is 9.72. The van der Waals surface area contributed by atoms with Crippen molar-refractivity contribution in [2.24, 2.45) is 0 Å². The van der Waals surface area contributed by atoms with Crippen LogP contribution >= 0.6 is 7.92 Å². The Kier molecular flexibility index (Phi) is 6.05. The number of rotatable bonds is 6. The molecule has 1 fully saturated rings. The number of allylic oxidation sites excluding steroid dienone is 4. The number of fused-ring (bicyclic) bond motifs is 2.